The van der Waals surface area contributed by atoms with Crippen molar-refractivity contribution in [1.29, 1.82) is 0 Å². The summed E-state index contributed by atoms with van der Waals surface area (Å²) in [7, 11) is 0. The van der Waals surface area contributed by atoms with Gasteiger partial charge in [-0.3, -0.25) is 9.59 Å². The molecule has 1 unspecified atom stereocenters. The Labute approximate surface area is 153 Å². The molecule has 0 spiro atoms. The number of hydrogen-bond donors (Lipinski definition) is 1. The Morgan fingerprint density at radius 1 is 1.08 bits per heavy atom. The minimum Gasteiger partial charge on any atom is -0.348 e. The van der Waals surface area contributed by atoms with Crippen molar-refractivity contribution in [1.82, 2.24) is 10.2 Å². The second kappa shape index (κ2) is 8.13. The van der Waals surface area contributed by atoms with Gasteiger partial charge in [0.2, 0.25) is 0 Å². The molecule has 0 radical (unpaired) electrons. The highest BCUT2D eigenvalue weighted by Crippen LogP contribution is 2.18. The van der Waals surface area contributed by atoms with Crippen LogP contribution in [0.5, 0.6) is 0 Å². The van der Waals surface area contributed by atoms with Crippen molar-refractivity contribution in [3.8, 4) is 0 Å². The van der Waals surface area contributed by atoms with Crippen LogP contribution >= 0.6 is 0 Å². The maximum absolute atomic E-state index is 12.9. The summed E-state index contributed by atoms with van der Waals surface area (Å²) in [4.78, 5) is 26.7. The van der Waals surface area contributed by atoms with E-state index in [1.54, 1.807) is 36.4 Å². The van der Waals surface area contributed by atoms with Crippen LogP contribution in [0.2, 0.25) is 0 Å². The average molecular weight is 354 g/mol. The molecule has 1 atom stereocenters. The van der Waals surface area contributed by atoms with Gasteiger partial charge in [0.25, 0.3) is 11.8 Å². The lowest BCUT2D eigenvalue weighted by Crippen LogP contribution is -2.39. The lowest BCUT2D eigenvalue weighted by molar-refractivity contribution is 0.0682. The predicted octanol–water partition coefficient (Wildman–Crippen LogP) is 3.63. The minimum atomic E-state index is -0.302. The summed E-state index contributed by atoms with van der Waals surface area (Å²) in [6, 6.07) is 12.7. The smallest absolute Gasteiger partial charge is 0.253 e. The summed E-state index contributed by atoms with van der Waals surface area (Å²) < 4.78 is 12.9. The molecule has 3 rings (SSSR count). The van der Waals surface area contributed by atoms with Crippen LogP contribution in [0, 0.1) is 11.7 Å². The number of nitrogens with zero attached hydrogens (tertiary/aromatic N) is 1. The zero-order valence-corrected chi connectivity index (χ0v) is 14.9. The van der Waals surface area contributed by atoms with E-state index in [0.717, 1.165) is 31.5 Å². The van der Waals surface area contributed by atoms with Crippen molar-refractivity contribution in [3.63, 3.8) is 0 Å². The Morgan fingerprint density at radius 2 is 1.73 bits per heavy atom. The molecule has 2 aromatic carbocycles. The van der Waals surface area contributed by atoms with Gasteiger partial charge in [-0.2, -0.15) is 0 Å². The van der Waals surface area contributed by atoms with Crippen molar-refractivity contribution >= 4 is 11.8 Å². The standard InChI is InChI=1S/C21H23FN2O2/c1-15-3-2-12-24(14-15)21(26)18-8-6-17(7-9-18)20(25)23-13-16-4-10-19(22)11-5-16/h4-11,15H,2-3,12-14H2,1H3,(H,23,25). The van der Waals surface area contributed by atoms with Crippen LogP contribution in [0.4, 0.5) is 4.39 Å². The number of benzene rings is 2. The van der Waals surface area contributed by atoms with Crippen LogP contribution in [0.1, 0.15) is 46.0 Å². The first kappa shape index (κ1) is 18.1. The lowest BCUT2D eigenvalue weighted by atomic mass is 9.99. The molecular weight excluding hydrogens is 331 g/mol. The SMILES string of the molecule is CC1CCCN(C(=O)c2ccc(C(=O)NCc3ccc(F)cc3)cc2)C1. The van der Waals surface area contributed by atoms with Gasteiger partial charge >= 0.3 is 0 Å². The summed E-state index contributed by atoms with van der Waals surface area (Å²) in [6.07, 6.45) is 2.20. The first-order valence-electron chi connectivity index (χ1n) is 8.95. The Balaban J connectivity index is 1.58. The maximum atomic E-state index is 12.9. The molecule has 4 nitrogen and oxygen atoms in total. The predicted molar refractivity (Wildman–Crippen MR) is 98.3 cm³/mol. The second-order valence-electron chi connectivity index (χ2n) is 6.89. The number of piperidine rings is 1. The van der Waals surface area contributed by atoms with Gasteiger partial charge in [0.15, 0.2) is 0 Å². The third-order valence-electron chi connectivity index (χ3n) is 4.70. The van der Waals surface area contributed by atoms with Crippen molar-refractivity contribution in [3.05, 3.63) is 71.0 Å². The van der Waals surface area contributed by atoms with Gasteiger partial charge < -0.3 is 10.2 Å². The largest absolute Gasteiger partial charge is 0.348 e. The first-order chi connectivity index (χ1) is 12.5. The van der Waals surface area contributed by atoms with Gasteiger partial charge in [-0.1, -0.05) is 19.1 Å². The molecule has 1 fully saturated rings. The van der Waals surface area contributed by atoms with Crippen LogP contribution < -0.4 is 5.32 Å². The first-order valence-corrected chi connectivity index (χ1v) is 8.95. The number of likely N-dealkylation sites (tertiary alicyclic amines) is 1. The van der Waals surface area contributed by atoms with Gasteiger partial charge in [-0.05, 0) is 60.7 Å². The topological polar surface area (TPSA) is 49.4 Å². The fourth-order valence-electron chi connectivity index (χ4n) is 3.21. The summed E-state index contributed by atoms with van der Waals surface area (Å²) in [6.45, 7) is 4.07. The van der Waals surface area contributed by atoms with E-state index in [1.165, 1.54) is 12.1 Å². The molecule has 1 N–H and O–H groups in total. The number of nitrogens with one attached hydrogen (secondary N) is 1. The van der Waals surface area contributed by atoms with Gasteiger partial charge in [0.05, 0.1) is 0 Å². The van der Waals surface area contributed by atoms with Crippen molar-refractivity contribution < 1.29 is 14.0 Å². The number of rotatable bonds is 4. The van der Waals surface area contributed by atoms with Crippen LogP contribution in [0.3, 0.4) is 0 Å². The Bertz CT molecular complexity index is 772. The molecular formula is C21H23FN2O2. The zero-order valence-electron chi connectivity index (χ0n) is 14.9. The Hall–Kier alpha value is -2.69. The molecule has 0 aliphatic carbocycles. The Kier molecular flexibility index (Phi) is 5.66. The van der Waals surface area contributed by atoms with Gasteiger partial charge in [0.1, 0.15) is 5.82 Å². The van der Waals surface area contributed by atoms with Crippen molar-refractivity contribution in [2.45, 2.75) is 26.3 Å². The molecule has 2 aromatic rings. The maximum Gasteiger partial charge on any atom is 0.253 e. The molecule has 26 heavy (non-hydrogen) atoms. The second-order valence-corrected chi connectivity index (χ2v) is 6.89. The van der Waals surface area contributed by atoms with E-state index < -0.39 is 0 Å². The highest BCUT2D eigenvalue weighted by atomic mass is 19.1. The quantitative estimate of drug-likeness (QED) is 0.911. The summed E-state index contributed by atoms with van der Waals surface area (Å²) in [5.74, 6) is 0.0300. The van der Waals surface area contributed by atoms with Crippen LogP contribution in [0.25, 0.3) is 0 Å². The highest BCUT2D eigenvalue weighted by molar-refractivity contribution is 5.97. The third kappa shape index (κ3) is 4.48. The molecule has 2 amide bonds. The van der Waals surface area contributed by atoms with Gasteiger partial charge in [0, 0.05) is 30.8 Å². The monoisotopic (exact) mass is 354 g/mol. The molecule has 0 saturated carbocycles. The molecule has 136 valence electrons. The van der Waals surface area contributed by atoms with Crippen molar-refractivity contribution in [2.75, 3.05) is 13.1 Å². The third-order valence-corrected chi connectivity index (χ3v) is 4.70. The number of carbonyl (C=O) groups excluding carboxylic acids is 2. The summed E-state index contributed by atoms with van der Waals surface area (Å²) >= 11 is 0. The number of amides is 2. The normalized spacial score (nSPS) is 17.0. The minimum absolute atomic E-state index is 0.0230. The highest BCUT2D eigenvalue weighted by Gasteiger charge is 2.22. The molecule has 1 heterocycles. The van der Waals surface area contributed by atoms with E-state index in [1.807, 2.05) is 4.90 Å². The van der Waals surface area contributed by atoms with E-state index in [0.29, 0.717) is 23.6 Å². The van der Waals surface area contributed by atoms with Crippen LogP contribution in [-0.2, 0) is 6.54 Å². The van der Waals surface area contributed by atoms with E-state index in [2.05, 4.69) is 12.2 Å². The van der Waals surface area contributed by atoms with E-state index in [9.17, 15) is 14.0 Å². The van der Waals surface area contributed by atoms with E-state index in [-0.39, 0.29) is 17.6 Å². The molecule has 0 aromatic heterocycles. The molecule has 1 aliphatic heterocycles. The number of halogens is 1. The lowest BCUT2D eigenvalue weighted by Gasteiger charge is -2.31. The van der Waals surface area contributed by atoms with Gasteiger partial charge in [-0.25, -0.2) is 4.39 Å². The average Bonchev–Trinajstić information content (AvgIpc) is 2.67. The molecule has 1 aliphatic rings. The summed E-state index contributed by atoms with van der Waals surface area (Å²) in [5, 5.41) is 2.80. The molecule has 0 bridgehead atoms. The van der Waals surface area contributed by atoms with Crippen LogP contribution in [-0.4, -0.2) is 29.8 Å². The fraction of sp³-hybridized carbons (Fsp3) is 0.333. The van der Waals surface area contributed by atoms with Crippen molar-refractivity contribution in [2.24, 2.45) is 5.92 Å². The van der Waals surface area contributed by atoms with Crippen LogP contribution in [0.15, 0.2) is 48.5 Å². The fourth-order valence-corrected chi connectivity index (χ4v) is 3.21. The number of hydrogen-bond acceptors (Lipinski definition) is 2. The zero-order chi connectivity index (χ0) is 18.5. The van der Waals surface area contributed by atoms with Gasteiger partial charge in [-0.15, -0.1) is 0 Å². The van der Waals surface area contributed by atoms with E-state index in [4.69, 9.17) is 0 Å². The number of carbonyl (C=O) groups is 2. The molecule has 5 heteroatoms. The van der Waals surface area contributed by atoms with E-state index >= 15 is 0 Å². The Morgan fingerprint density at radius 3 is 2.38 bits per heavy atom. The summed E-state index contributed by atoms with van der Waals surface area (Å²) in [5.41, 5.74) is 1.93. The molecule has 1 saturated heterocycles.